The van der Waals surface area contributed by atoms with Crippen molar-refractivity contribution < 1.29 is 8.42 Å². The predicted molar refractivity (Wildman–Crippen MR) is 92.7 cm³/mol. The second-order valence-electron chi connectivity index (χ2n) is 6.31. The molecule has 0 saturated carbocycles. The molecule has 25 heavy (non-hydrogen) atoms. The van der Waals surface area contributed by atoms with Crippen molar-refractivity contribution in [3.8, 4) is 0 Å². The summed E-state index contributed by atoms with van der Waals surface area (Å²) in [5, 5.41) is 4.68. The van der Waals surface area contributed by atoms with Gasteiger partial charge in [0.1, 0.15) is 4.90 Å². The Morgan fingerprint density at radius 1 is 1.20 bits per heavy atom. The van der Waals surface area contributed by atoms with Crippen molar-refractivity contribution in [2.24, 2.45) is 0 Å². The highest BCUT2D eigenvalue weighted by Gasteiger charge is 2.31. The zero-order chi connectivity index (χ0) is 17.4. The van der Waals surface area contributed by atoms with Crippen molar-refractivity contribution in [2.45, 2.75) is 30.6 Å². The first kappa shape index (κ1) is 16.2. The van der Waals surface area contributed by atoms with E-state index < -0.39 is 10.0 Å². The van der Waals surface area contributed by atoms with E-state index in [9.17, 15) is 8.42 Å². The molecule has 1 fully saturated rings. The van der Waals surface area contributed by atoms with Crippen molar-refractivity contribution in [3.05, 3.63) is 54.2 Å². The molecular formula is C17H19N5O2S. The second kappa shape index (κ2) is 6.20. The molecule has 1 aliphatic heterocycles. The second-order valence-corrected chi connectivity index (χ2v) is 8.25. The summed E-state index contributed by atoms with van der Waals surface area (Å²) in [6, 6.07) is 5.27. The third-order valence-corrected chi connectivity index (χ3v) is 6.61. The summed E-state index contributed by atoms with van der Waals surface area (Å²) < 4.78 is 28.7. The smallest absolute Gasteiger partial charge is 0.244 e. The van der Waals surface area contributed by atoms with Gasteiger partial charge < -0.3 is 0 Å². The van der Waals surface area contributed by atoms with Crippen LogP contribution in [0.5, 0.6) is 0 Å². The Kier molecular flexibility index (Phi) is 4.01. The molecule has 7 nitrogen and oxygen atoms in total. The number of piperidine rings is 1. The molecule has 0 unspecified atom stereocenters. The third-order valence-electron chi connectivity index (χ3n) is 4.73. The lowest BCUT2D eigenvalue weighted by Crippen LogP contribution is -2.38. The summed E-state index contributed by atoms with van der Waals surface area (Å²) in [5.74, 6) is 0.257. The highest BCUT2D eigenvalue weighted by molar-refractivity contribution is 7.89. The molecular weight excluding hydrogens is 338 g/mol. The summed E-state index contributed by atoms with van der Waals surface area (Å²) in [5.41, 5.74) is 2.97. The number of aryl methyl sites for hydroxylation is 1. The third kappa shape index (κ3) is 2.91. The molecule has 1 aliphatic rings. The SMILES string of the molecule is Cc1cc2nccn2nc1C1CCN(S(=O)(=O)c2cccnc2)CC1. The van der Waals surface area contributed by atoms with E-state index in [1.807, 2.05) is 19.2 Å². The topological polar surface area (TPSA) is 80.5 Å². The number of hydrogen-bond acceptors (Lipinski definition) is 5. The van der Waals surface area contributed by atoms with Gasteiger partial charge in [-0.25, -0.2) is 17.9 Å². The molecule has 8 heteroatoms. The van der Waals surface area contributed by atoms with Crippen molar-refractivity contribution in [2.75, 3.05) is 13.1 Å². The lowest BCUT2D eigenvalue weighted by Gasteiger charge is -2.31. The van der Waals surface area contributed by atoms with Gasteiger partial charge in [0.25, 0.3) is 0 Å². The molecule has 1 saturated heterocycles. The maximum atomic E-state index is 12.7. The number of hydrogen-bond donors (Lipinski definition) is 0. The number of imidazole rings is 1. The van der Waals surface area contributed by atoms with E-state index in [1.54, 1.807) is 33.3 Å². The van der Waals surface area contributed by atoms with Crippen LogP contribution in [0.15, 0.2) is 47.9 Å². The van der Waals surface area contributed by atoms with Crippen LogP contribution < -0.4 is 0 Å². The zero-order valence-electron chi connectivity index (χ0n) is 13.9. The first-order chi connectivity index (χ1) is 12.1. The Hall–Kier alpha value is -2.32. The summed E-state index contributed by atoms with van der Waals surface area (Å²) in [4.78, 5) is 8.42. The number of pyridine rings is 1. The lowest BCUT2D eigenvalue weighted by molar-refractivity contribution is 0.315. The fraction of sp³-hybridized carbons (Fsp3) is 0.353. The molecule has 3 aromatic rings. The van der Waals surface area contributed by atoms with E-state index in [-0.39, 0.29) is 10.8 Å². The average Bonchev–Trinajstić information content (AvgIpc) is 3.09. The molecule has 0 radical (unpaired) electrons. The standard InChI is InChI=1S/C17H19N5O2S/c1-13-11-16-19-7-10-22(16)20-17(13)14-4-8-21(9-5-14)25(23,24)15-3-2-6-18-12-15/h2-3,6-7,10-12,14H,4-5,8-9H2,1H3. The zero-order valence-corrected chi connectivity index (χ0v) is 14.7. The van der Waals surface area contributed by atoms with Crippen molar-refractivity contribution in [1.82, 2.24) is 23.9 Å². The minimum Gasteiger partial charge on any atom is -0.263 e. The molecule has 3 aromatic heterocycles. The molecule has 0 aliphatic carbocycles. The van der Waals surface area contributed by atoms with E-state index in [0.717, 1.165) is 29.7 Å². The Balaban J connectivity index is 1.54. The summed E-state index contributed by atoms with van der Waals surface area (Å²) in [6.45, 7) is 3.02. The van der Waals surface area contributed by atoms with Gasteiger partial charge in [0.15, 0.2) is 5.65 Å². The normalized spacial score (nSPS) is 17.2. The van der Waals surface area contributed by atoms with Crippen LogP contribution in [0.1, 0.15) is 30.0 Å². The van der Waals surface area contributed by atoms with Crippen molar-refractivity contribution in [3.63, 3.8) is 0 Å². The van der Waals surface area contributed by atoms with Gasteiger partial charge in [-0.15, -0.1) is 0 Å². The van der Waals surface area contributed by atoms with Crippen LogP contribution >= 0.6 is 0 Å². The Morgan fingerprint density at radius 3 is 2.72 bits per heavy atom. The van der Waals surface area contributed by atoms with Gasteiger partial charge in [-0.05, 0) is 43.5 Å². The van der Waals surface area contributed by atoms with Crippen LogP contribution in [0.3, 0.4) is 0 Å². The molecule has 0 aromatic carbocycles. The lowest BCUT2D eigenvalue weighted by atomic mass is 9.92. The van der Waals surface area contributed by atoms with E-state index in [1.165, 1.54) is 6.20 Å². The maximum absolute atomic E-state index is 12.7. The molecule has 130 valence electrons. The fourth-order valence-corrected chi connectivity index (χ4v) is 4.82. The Labute approximate surface area is 146 Å². The first-order valence-electron chi connectivity index (χ1n) is 8.27. The average molecular weight is 357 g/mol. The molecule has 0 N–H and O–H groups in total. The molecule has 0 atom stereocenters. The minimum absolute atomic E-state index is 0.252. The van der Waals surface area contributed by atoms with E-state index in [4.69, 9.17) is 0 Å². The van der Waals surface area contributed by atoms with Gasteiger partial charge in [-0.1, -0.05) is 0 Å². The highest BCUT2D eigenvalue weighted by atomic mass is 32.2. The van der Waals surface area contributed by atoms with Gasteiger partial charge in [-0.3, -0.25) is 4.98 Å². The largest absolute Gasteiger partial charge is 0.263 e. The van der Waals surface area contributed by atoms with Gasteiger partial charge >= 0.3 is 0 Å². The quantitative estimate of drug-likeness (QED) is 0.716. The Morgan fingerprint density at radius 2 is 2.00 bits per heavy atom. The van der Waals surface area contributed by atoms with Gasteiger partial charge in [0.2, 0.25) is 10.0 Å². The van der Waals surface area contributed by atoms with Crippen LogP contribution in [0.2, 0.25) is 0 Å². The fourth-order valence-electron chi connectivity index (χ4n) is 3.38. The van der Waals surface area contributed by atoms with E-state index >= 15 is 0 Å². The molecule has 0 bridgehead atoms. The monoisotopic (exact) mass is 357 g/mol. The predicted octanol–water partition coefficient (Wildman–Crippen LogP) is 2.00. The van der Waals surface area contributed by atoms with Crippen LogP contribution in [0.25, 0.3) is 5.65 Å². The van der Waals surface area contributed by atoms with Gasteiger partial charge in [-0.2, -0.15) is 9.40 Å². The summed E-state index contributed by atoms with van der Waals surface area (Å²) >= 11 is 0. The maximum Gasteiger partial charge on any atom is 0.244 e. The number of sulfonamides is 1. The van der Waals surface area contributed by atoms with E-state index in [0.29, 0.717) is 13.1 Å². The van der Waals surface area contributed by atoms with Crippen molar-refractivity contribution >= 4 is 15.7 Å². The molecule has 0 amide bonds. The summed E-state index contributed by atoms with van der Waals surface area (Å²) in [6.07, 6.45) is 8.06. The molecule has 4 rings (SSSR count). The number of nitrogens with zero attached hydrogens (tertiary/aromatic N) is 5. The number of aromatic nitrogens is 4. The van der Waals surface area contributed by atoms with Gasteiger partial charge in [0.05, 0.1) is 5.69 Å². The number of fused-ring (bicyclic) bond motifs is 1. The van der Waals surface area contributed by atoms with Gasteiger partial charge in [0, 0.05) is 43.8 Å². The van der Waals surface area contributed by atoms with Crippen LogP contribution in [-0.4, -0.2) is 45.4 Å². The van der Waals surface area contributed by atoms with Crippen molar-refractivity contribution in [1.29, 1.82) is 0 Å². The van der Waals surface area contributed by atoms with E-state index in [2.05, 4.69) is 15.1 Å². The molecule has 0 spiro atoms. The summed E-state index contributed by atoms with van der Waals surface area (Å²) in [7, 11) is -3.47. The van der Waals surface area contributed by atoms with Crippen LogP contribution in [-0.2, 0) is 10.0 Å². The Bertz CT molecular complexity index is 992. The minimum atomic E-state index is -3.47. The van der Waals surface area contributed by atoms with Crippen LogP contribution in [0.4, 0.5) is 0 Å². The molecule has 4 heterocycles. The number of rotatable bonds is 3. The van der Waals surface area contributed by atoms with Crippen LogP contribution in [0, 0.1) is 6.92 Å². The first-order valence-corrected chi connectivity index (χ1v) is 9.71. The highest BCUT2D eigenvalue weighted by Crippen LogP contribution is 2.31.